The Kier molecular flexibility index (Phi) is 4.09. The summed E-state index contributed by atoms with van der Waals surface area (Å²) in [6, 6.07) is 9.20. The third-order valence-corrected chi connectivity index (χ3v) is 2.64. The molecule has 1 amide bonds. The van der Waals surface area contributed by atoms with Gasteiger partial charge in [0.05, 0.1) is 6.54 Å². The molecule has 3 N–H and O–H groups in total. The molecule has 5 nitrogen and oxygen atoms in total. The van der Waals surface area contributed by atoms with Gasteiger partial charge in [-0.1, -0.05) is 12.1 Å². The van der Waals surface area contributed by atoms with Crippen molar-refractivity contribution in [3.63, 3.8) is 0 Å². The third kappa shape index (κ3) is 3.43. The fourth-order valence-electron chi connectivity index (χ4n) is 1.65. The van der Waals surface area contributed by atoms with E-state index < -0.39 is 5.91 Å². The van der Waals surface area contributed by atoms with E-state index in [1.165, 1.54) is 0 Å². The van der Waals surface area contributed by atoms with Crippen LogP contribution in [0.2, 0.25) is 0 Å². The van der Waals surface area contributed by atoms with Crippen LogP contribution in [0.5, 0.6) is 0 Å². The number of nitrogens with one attached hydrogen (secondary N) is 1. The zero-order chi connectivity index (χ0) is 12.8. The number of amides is 1. The summed E-state index contributed by atoms with van der Waals surface area (Å²) in [4.78, 5) is 10.9. The Bertz CT molecular complexity index is 490. The topological polar surface area (TPSA) is 72.9 Å². The normalized spacial score (nSPS) is 10.4. The van der Waals surface area contributed by atoms with Crippen LogP contribution in [0.4, 0.5) is 0 Å². The standard InChI is InChI=1S/C13H16N4O/c14-13(18)12-4-2-11(3-5-12)10-15-7-9-17-8-1-6-16-17/h1-6,8,15H,7,9-10H2,(H2,14,18). The number of carbonyl (C=O) groups is 1. The van der Waals surface area contributed by atoms with Crippen LogP contribution in [-0.4, -0.2) is 22.2 Å². The molecule has 1 heterocycles. The quantitative estimate of drug-likeness (QED) is 0.737. The van der Waals surface area contributed by atoms with Crippen LogP contribution in [0.15, 0.2) is 42.7 Å². The Morgan fingerprint density at radius 3 is 2.72 bits per heavy atom. The van der Waals surface area contributed by atoms with Crippen molar-refractivity contribution in [1.82, 2.24) is 15.1 Å². The summed E-state index contributed by atoms with van der Waals surface area (Å²) in [6.45, 7) is 2.45. The zero-order valence-corrected chi connectivity index (χ0v) is 10.0. The lowest BCUT2D eigenvalue weighted by atomic mass is 10.1. The Labute approximate surface area is 106 Å². The lowest BCUT2D eigenvalue weighted by molar-refractivity contribution is 0.100. The molecule has 0 saturated heterocycles. The van der Waals surface area contributed by atoms with Gasteiger partial charge >= 0.3 is 0 Å². The Hall–Kier alpha value is -2.14. The van der Waals surface area contributed by atoms with Gasteiger partial charge in [-0.15, -0.1) is 0 Å². The van der Waals surface area contributed by atoms with Crippen molar-refractivity contribution in [2.45, 2.75) is 13.1 Å². The number of carbonyl (C=O) groups excluding carboxylic acids is 1. The molecule has 94 valence electrons. The molecule has 2 rings (SSSR count). The minimum Gasteiger partial charge on any atom is -0.366 e. The number of hydrogen-bond acceptors (Lipinski definition) is 3. The fraction of sp³-hybridized carbons (Fsp3) is 0.231. The Balaban J connectivity index is 1.75. The van der Waals surface area contributed by atoms with Gasteiger partial charge in [0.15, 0.2) is 0 Å². The molecule has 0 aliphatic heterocycles. The number of rotatable bonds is 6. The average Bonchev–Trinajstić information content (AvgIpc) is 2.88. The van der Waals surface area contributed by atoms with Gasteiger partial charge in [-0.3, -0.25) is 9.48 Å². The van der Waals surface area contributed by atoms with E-state index in [1.807, 2.05) is 29.1 Å². The molecule has 0 aliphatic rings. The summed E-state index contributed by atoms with van der Waals surface area (Å²) in [7, 11) is 0. The highest BCUT2D eigenvalue weighted by Crippen LogP contribution is 2.03. The van der Waals surface area contributed by atoms with Crippen molar-refractivity contribution in [2.75, 3.05) is 6.54 Å². The van der Waals surface area contributed by atoms with Crippen LogP contribution in [0.25, 0.3) is 0 Å². The van der Waals surface area contributed by atoms with Crippen molar-refractivity contribution in [1.29, 1.82) is 0 Å². The number of hydrogen-bond donors (Lipinski definition) is 2. The maximum atomic E-state index is 10.9. The van der Waals surface area contributed by atoms with Gasteiger partial charge in [-0.25, -0.2) is 0 Å². The number of benzene rings is 1. The number of aromatic nitrogens is 2. The van der Waals surface area contributed by atoms with E-state index in [4.69, 9.17) is 5.73 Å². The van der Waals surface area contributed by atoms with Crippen molar-refractivity contribution in [3.8, 4) is 0 Å². The predicted octanol–water partition coefficient (Wildman–Crippen LogP) is 0.772. The van der Waals surface area contributed by atoms with Gasteiger partial charge < -0.3 is 11.1 Å². The monoisotopic (exact) mass is 244 g/mol. The second kappa shape index (κ2) is 5.97. The first-order valence-corrected chi connectivity index (χ1v) is 5.82. The van der Waals surface area contributed by atoms with E-state index in [0.29, 0.717) is 5.56 Å². The van der Waals surface area contributed by atoms with E-state index >= 15 is 0 Å². The van der Waals surface area contributed by atoms with Gasteiger partial charge in [0, 0.05) is 31.0 Å². The predicted molar refractivity (Wildman–Crippen MR) is 68.9 cm³/mol. The van der Waals surface area contributed by atoms with E-state index in [2.05, 4.69) is 10.4 Å². The Morgan fingerprint density at radius 1 is 1.33 bits per heavy atom. The molecule has 0 spiro atoms. The molecule has 1 aromatic heterocycles. The summed E-state index contributed by atoms with van der Waals surface area (Å²) >= 11 is 0. The van der Waals surface area contributed by atoms with Crippen molar-refractivity contribution >= 4 is 5.91 Å². The van der Waals surface area contributed by atoms with Gasteiger partial charge in [0.25, 0.3) is 0 Å². The molecule has 18 heavy (non-hydrogen) atoms. The van der Waals surface area contributed by atoms with Crippen LogP contribution in [0, 0.1) is 0 Å². The maximum absolute atomic E-state index is 10.9. The first-order valence-electron chi connectivity index (χ1n) is 5.82. The molecule has 0 bridgehead atoms. The number of nitrogens with two attached hydrogens (primary N) is 1. The van der Waals surface area contributed by atoms with Crippen LogP contribution < -0.4 is 11.1 Å². The van der Waals surface area contributed by atoms with Crippen LogP contribution in [0.3, 0.4) is 0 Å². The highest BCUT2D eigenvalue weighted by Gasteiger charge is 1.99. The SMILES string of the molecule is NC(=O)c1ccc(CNCCn2cccn2)cc1. The fourth-order valence-corrected chi connectivity index (χ4v) is 1.65. The first kappa shape index (κ1) is 12.3. The molecule has 0 fully saturated rings. The highest BCUT2D eigenvalue weighted by molar-refractivity contribution is 5.92. The van der Waals surface area contributed by atoms with Gasteiger partial charge in [0.1, 0.15) is 0 Å². The Morgan fingerprint density at radius 2 is 2.11 bits per heavy atom. The van der Waals surface area contributed by atoms with E-state index in [0.717, 1.165) is 25.2 Å². The van der Waals surface area contributed by atoms with Crippen molar-refractivity contribution < 1.29 is 4.79 Å². The summed E-state index contributed by atoms with van der Waals surface area (Å²) in [5.41, 5.74) is 6.84. The second-order valence-electron chi connectivity index (χ2n) is 4.01. The van der Waals surface area contributed by atoms with E-state index in [9.17, 15) is 4.79 Å². The molecule has 0 aliphatic carbocycles. The zero-order valence-electron chi connectivity index (χ0n) is 10.0. The summed E-state index contributed by atoms with van der Waals surface area (Å²) in [5, 5.41) is 7.43. The molecule has 2 aromatic rings. The van der Waals surface area contributed by atoms with Gasteiger partial charge in [-0.2, -0.15) is 5.10 Å². The number of primary amides is 1. The van der Waals surface area contributed by atoms with Crippen LogP contribution >= 0.6 is 0 Å². The molecule has 0 atom stereocenters. The second-order valence-corrected chi connectivity index (χ2v) is 4.01. The summed E-state index contributed by atoms with van der Waals surface area (Å²) in [5.74, 6) is -0.395. The van der Waals surface area contributed by atoms with Crippen LogP contribution in [0.1, 0.15) is 15.9 Å². The lowest BCUT2D eigenvalue weighted by Crippen LogP contribution is -2.19. The van der Waals surface area contributed by atoms with Crippen LogP contribution in [-0.2, 0) is 13.1 Å². The molecule has 1 aromatic carbocycles. The number of nitrogens with zero attached hydrogens (tertiary/aromatic N) is 2. The van der Waals surface area contributed by atoms with Crippen molar-refractivity contribution in [2.24, 2.45) is 5.73 Å². The molecule has 0 radical (unpaired) electrons. The van der Waals surface area contributed by atoms with E-state index in [1.54, 1.807) is 18.3 Å². The molecule has 0 saturated carbocycles. The van der Waals surface area contributed by atoms with Crippen molar-refractivity contribution in [3.05, 3.63) is 53.9 Å². The summed E-state index contributed by atoms with van der Waals surface area (Å²) in [6.07, 6.45) is 3.70. The lowest BCUT2D eigenvalue weighted by Gasteiger charge is -2.05. The molecule has 5 heteroatoms. The largest absolute Gasteiger partial charge is 0.366 e. The average molecular weight is 244 g/mol. The third-order valence-electron chi connectivity index (χ3n) is 2.64. The molecular formula is C13H16N4O. The smallest absolute Gasteiger partial charge is 0.248 e. The molecule has 0 unspecified atom stereocenters. The summed E-state index contributed by atoms with van der Waals surface area (Å²) < 4.78 is 1.88. The van der Waals surface area contributed by atoms with Gasteiger partial charge in [-0.05, 0) is 23.8 Å². The van der Waals surface area contributed by atoms with Gasteiger partial charge in [0.2, 0.25) is 5.91 Å². The highest BCUT2D eigenvalue weighted by atomic mass is 16.1. The minimum absolute atomic E-state index is 0.395. The minimum atomic E-state index is -0.395. The maximum Gasteiger partial charge on any atom is 0.248 e. The molecular weight excluding hydrogens is 228 g/mol. The van der Waals surface area contributed by atoms with E-state index in [-0.39, 0.29) is 0 Å². The first-order chi connectivity index (χ1) is 8.75.